The minimum Gasteiger partial charge on any atom is -0.466 e. The predicted molar refractivity (Wildman–Crippen MR) is 125 cm³/mol. The third kappa shape index (κ3) is 4.74. The van der Waals surface area contributed by atoms with Gasteiger partial charge in [0, 0.05) is 49.1 Å². The highest BCUT2D eigenvalue weighted by molar-refractivity contribution is 6.30. The van der Waals surface area contributed by atoms with E-state index in [0.717, 1.165) is 42.5 Å². The highest BCUT2D eigenvalue weighted by Crippen LogP contribution is 2.29. The Morgan fingerprint density at radius 2 is 1.84 bits per heavy atom. The molecule has 7 nitrogen and oxygen atoms in total. The average Bonchev–Trinajstić information content (AvgIpc) is 2.81. The molecule has 2 amide bonds. The summed E-state index contributed by atoms with van der Waals surface area (Å²) in [6, 6.07) is 14.5. The van der Waals surface area contributed by atoms with Crippen molar-refractivity contribution in [2.24, 2.45) is 0 Å². The van der Waals surface area contributed by atoms with Gasteiger partial charge in [-0.25, -0.2) is 9.59 Å². The predicted octanol–water partition coefficient (Wildman–Crippen LogP) is 3.25. The summed E-state index contributed by atoms with van der Waals surface area (Å²) < 4.78 is 5.07. The molecule has 0 spiro atoms. The van der Waals surface area contributed by atoms with Crippen molar-refractivity contribution >= 4 is 29.3 Å². The lowest BCUT2D eigenvalue weighted by molar-refractivity contribution is -0.136. The number of carbonyl (C=O) groups excluding carboxylic acids is 2. The number of ether oxygens (including phenoxy) is 1. The normalized spacial score (nSPS) is 19.4. The second kappa shape index (κ2) is 9.63. The molecule has 0 radical (unpaired) electrons. The van der Waals surface area contributed by atoms with Crippen LogP contribution in [0.15, 0.2) is 59.8 Å². The number of urea groups is 1. The molecule has 1 fully saturated rings. The van der Waals surface area contributed by atoms with Gasteiger partial charge in [-0.1, -0.05) is 48.0 Å². The Bertz CT molecular complexity index is 1030. The number of carbonyl (C=O) groups is 2. The number of esters is 1. The molecular formula is C24H27ClN4O3. The number of hydrogen-bond donors (Lipinski definition) is 2. The molecule has 2 aliphatic rings. The van der Waals surface area contributed by atoms with Gasteiger partial charge in [-0.3, -0.25) is 4.90 Å². The maximum atomic E-state index is 12.7. The molecule has 0 aromatic heterocycles. The third-order valence-electron chi connectivity index (χ3n) is 5.96. The lowest BCUT2D eigenvalue weighted by Crippen LogP contribution is -2.51. The summed E-state index contributed by atoms with van der Waals surface area (Å²) in [5.41, 5.74) is 4.19. The van der Waals surface area contributed by atoms with Crippen molar-refractivity contribution in [3.63, 3.8) is 0 Å². The highest BCUT2D eigenvalue weighted by atomic mass is 35.5. The summed E-state index contributed by atoms with van der Waals surface area (Å²) >= 11 is 6.20. The summed E-state index contributed by atoms with van der Waals surface area (Å²) in [4.78, 5) is 29.7. The van der Waals surface area contributed by atoms with E-state index in [1.54, 1.807) is 0 Å². The zero-order chi connectivity index (χ0) is 22.7. The first kappa shape index (κ1) is 22.2. The Morgan fingerprint density at radius 3 is 2.53 bits per heavy atom. The van der Waals surface area contributed by atoms with Gasteiger partial charge in [-0.15, -0.1) is 0 Å². The molecule has 2 heterocycles. The molecule has 2 aromatic carbocycles. The highest BCUT2D eigenvalue weighted by Gasteiger charge is 2.34. The van der Waals surface area contributed by atoms with Crippen LogP contribution >= 0.6 is 11.6 Å². The lowest BCUT2D eigenvalue weighted by atomic mass is 9.95. The van der Waals surface area contributed by atoms with Crippen LogP contribution in [-0.4, -0.2) is 56.7 Å². The molecule has 1 saturated heterocycles. The van der Waals surface area contributed by atoms with Crippen molar-refractivity contribution in [2.75, 3.05) is 44.7 Å². The van der Waals surface area contributed by atoms with Gasteiger partial charge in [0.1, 0.15) is 0 Å². The maximum absolute atomic E-state index is 12.7. The number of nitrogens with one attached hydrogen (secondary N) is 2. The van der Waals surface area contributed by atoms with E-state index >= 15 is 0 Å². The first-order chi connectivity index (χ1) is 15.5. The van der Waals surface area contributed by atoms with E-state index in [-0.39, 0.29) is 6.03 Å². The van der Waals surface area contributed by atoms with E-state index in [0.29, 0.717) is 17.8 Å². The molecule has 0 aliphatic carbocycles. The van der Waals surface area contributed by atoms with Crippen LogP contribution in [0.25, 0.3) is 0 Å². The largest absolute Gasteiger partial charge is 0.466 e. The topological polar surface area (TPSA) is 73.9 Å². The Labute approximate surface area is 193 Å². The smallest absolute Gasteiger partial charge is 0.338 e. The molecule has 32 heavy (non-hydrogen) atoms. The summed E-state index contributed by atoms with van der Waals surface area (Å²) in [5, 5.41) is 6.43. The molecular weight excluding hydrogens is 428 g/mol. The van der Waals surface area contributed by atoms with Crippen LogP contribution in [0.4, 0.5) is 10.5 Å². The fourth-order valence-corrected chi connectivity index (χ4v) is 4.45. The summed E-state index contributed by atoms with van der Waals surface area (Å²) in [5.74, 6) is -0.449. The molecule has 2 aliphatic heterocycles. The van der Waals surface area contributed by atoms with Crippen molar-refractivity contribution in [1.82, 2.24) is 15.5 Å². The average molecular weight is 455 g/mol. The molecule has 2 N–H and O–H groups in total. The quantitative estimate of drug-likeness (QED) is 0.678. The minimum atomic E-state index is -0.553. The Hall–Kier alpha value is -3.03. The number of amides is 2. The number of aryl methyl sites for hydroxylation is 1. The zero-order valence-corrected chi connectivity index (χ0v) is 19.0. The van der Waals surface area contributed by atoms with Crippen LogP contribution in [0.5, 0.6) is 0 Å². The Kier molecular flexibility index (Phi) is 6.67. The number of anilines is 1. The monoisotopic (exact) mass is 454 g/mol. The van der Waals surface area contributed by atoms with Gasteiger partial charge in [-0.05, 0) is 30.2 Å². The Morgan fingerprint density at radius 1 is 1.12 bits per heavy atom. The fraction of sp³-hybridized carbons (Fsp3) is 0.333. The first-order valence-corrected chi connectivity index (χ1v) is 11.0. The third-order valence-corrected chi connectivity index (χ3v) is 6.19. The van der Waals surface area contributed by atoms with Crippen LogP contribution in [0.1, 0.15) is 17.2 Å². The van der Waals surface area contributed by atoms with E-state index in [9.17, 15) is 9.59 Å². The summed E-state index contributed by atoms with van der Waals surface area (Å²) in [7, 11) is 1.36. The van der Waals surface area contributed by atoms with Gasteiger partial charge in [0.25, 0.3) is 0 Å². The van der Waals surface area contributed by atoms with Gasteiger partial charge >= 0.3 is 12.0 Å². The van der Waals surface area contributed by atoms with Crippen LogP contribution in [-0.2, 0) is 9.53 Å². The van der Waals surface area contributed by atoms with Crippen molar-refractivity contribution in [3.8, 4) is 0 Å². The van der Waals surface area contributed by atoms with Gasteiger partial charge < -0.3 is 20.3 Å². The number of methoxy groups -OCH3 is 1. The molecule has 4 rings (SSSR count). The van der Waals surface area contributed by atoms with Crippen molar-refractivity contribution in [2.45, 2.75) is 13.0 Å². The van der Waals surface area contributed by atoms with Crippen LogP contribution < -0.4 is 15.5 Å². The SMILES string of the molecule is COC(=O)C1=C(CN2CCN(c3cc(Cl)ccc3C)CC2)NC(=O)N[C@H]1c1ccccc1. The van der Waals surface area contributed by atoms with Crippen molar-refractivity contribution in [1.29, 1.82) is 0 Å². The number of benzene rings is 2. The zero-order valence-electron chi connectivity index (χ0n) is 18.2. The van der Waals surface area contributed by atoms with Gasteiger partial charge in [0.2, 0.25) is 0 Å². The Balaban J connectivity index is 1.54. The lowest BCUT2D eigenvalue weighted by Gasteiger charge is -2.38. The van der Waals surface area contributed by atoms with E-state index in [1.807, 2.05) is 48.5 Å². The number of nitrogens with zero attached hydrogens (tertiary/aromatic N) is 2. The molecule has 1 atom stereocenters. The van der Waals surface area contributed by atoms with Crippen LogP contribution in [0, 0.1) is 6.92 Å². The number of hydrogen-bond acceptors (Lipinski definition) is 5. The van der Waals surface area contributed by atoms with E-state index in [2.05, 4.69) is 27.4 Å². The van der Waals surface area contributed by atoms with Crippen molar-refractivity contribution in [3.05, 3.63) is 76.0 Å². The van der Waals surface area contributed by atoms with Crippen molar-refractivity contribution < 1.29 is 14.3 Å². The molecule has 2 aromatic rings. The number of halogens is 1. The first-order valence-electron chi connectivity index (χ1n) is 10.6. The van der Waals surface area contributed by atoms with E-state index < -0.39 is 12.0 Å². The second-order valence-electron chi connectivity index (χ2n) is 8.02. The molecule has 8 heteroatoms. The molecule has 0 unspecified atom stereocenters. The summed E-state index contributed by atoms with van der Waals surface area (Å²) in [6.07, 6.45) is 0. The van der Waals surface area contributed by atoms with Crippen LogP contribution in [0.2, 0.25) is 5.02 Å². The number of rotatable bonds is 5. The van der Waals surface area contributed by atoms with E-state index in [1.165, 1.54) is 12.7 Å². The van der Waals surface area contributed by atoms with Gasteiger partial charge in [0.05, 0.1) is 18.7 Å². The second-order valence-corrected chi connectivity index (χ2v) is 8.46. The number of piperazine rings is 1. The summed E-state index contributed by atoms with van der Waals surface area (Å²) in [6.45, 7) is 5.79. The van der Waals surface area contributed by atoms with Gasteiger partial charge in [-0.2, -0.15) is 0 Å². The van der Waals surface area contributed by atoms with Crippen LogP contribution in [0.3, 0.4) is 0 Å². The maximum Gasteiger partial charge on any atom is 0.338 e. The standard InChI is InChI=1S/C24H27ClN4O3/c1-16-8-9-18(25)14-20(16)29-12-10-28(11-13-29)15-19-21(23(30)32-2)22(27-24(31)26-19)17-6-4-3-5-7-17/h3-9,14,22H,10-13,15H2,1-2H3,(H2,26,27,31)/t22-/m0/s1. The molecule has 168 valence electrons. The molecule has 0 saturated carbocycles. The minimum absolute atomic E-state index is 0.324. The van der Waals surface area contributed by atoms with E-state index in [4.69, 9.17) is 16.3 Å². The van der Waals surface area contributed by atoms with Gasteiger partial charge in [0.15, 0.2) is 0 Å². The molecule has 0 bridgehead atoms. The fourth-order valence-electron chi connectivity index (χ4n) is 4.28.